The van der Waals surface area contributed by atoms with E-state index < -0.39 is 11.3 Å². The number of tetrazole rings is 1. The van der Waals surface area contributed by atoms with E-state index in [1.165, 1.54) is 0 Å². The largest absolute Gasteiger partial charge is 0.399 e. The zero-order valence-corrected chi connectivity index (χ0v) is 23.9. The van der Waals surface area contributed by atoms with Crippen LogP contribution in [0.25, 0.3) is 5.70 Å². The lowest BCUT2D eigenvalue weighted by Gasteiger charge is -2.37. The summed E-state index contributed by atoms with van der Waals surface area (Å²) in [5, 5.41) is 25.8. The number of nitriles is 1. The van der Waals surface area contributed by atoms with Gasteiger partial charge in [-0.1, -0.05) is 24.8 Å². The van der Waals surface area contributed by atoms with Gasteiger partial charge in [-0.3, -0.25) is 9.59 Å². The molecule has 2 aromatic carbocycles. The van der Waals surface area contributed by atoms with Crippen LogP contribution < -0.4 is 16.8 Å². The number of likely N-dealkylation sites (tertiary alicyclic amines) is 1. The van der Waals surface area contributed by atoms with Gasteiger partial charge < -0.3 is 21.7 Å². The molecule has 2 fully saturated rings. The van der Waals surface area contributed by atoms with Crippen molar-refractivity contribution in [2.45, 2.75) is 62.6 Å². The number of nitrogens with zero attached hydrogens (tertiary/aromatic N) is 6. The number of piperidine rings is 1. The van der Waals surface area contributed by atoms with Crippen LogP contribution in [-0.2, 0) is 30.1 Å². The van der Waals surface area contributed by atoms with Crippen LogP contribution in [0.3, 0.4) is 0 Å². The fraction of sp³-hybridized carbons (Fsp3) is 0.419. The predicted octanol–water partition coefficient (Wildman–Crippen LogP) is 1.55. The maximum absolute atomic E-state index is 13.3. The molecule has 5 N–H and O–H groups in total. The van der Waals surface area contributed by atoms with Crippen LogP contribution >= 0.6 is 0 Å². The number of nitrogens with one attached hydrogen (secondary N) is 1. The Kier molecular flexibility index (Phi) is 6.81. The van der Waals surface area contributed by atoms with Crippen molar-refractivity contribution in [3.8, 4) is 6.07 Å². The molecule has 6 rings (SSSR count). The Labute approximate surface area is 244 Å². The highest BCUT2D eigenvalue weighted by atomic mass is 16.2. The molecule has 3 aliphatic rings. The van der Waals surface area contributed by atoms with Gasteiger partial charge in [0, 0.05) is 30.4 Å². The summed E-state index contributed by atoms with van der Waals surface area (Å²) < 4.78 is 1.68. The summed E-state index contributed by atoms with van der Waals surface area (Å²) in [4.78, 5) is 27.2. The number of aromatic nitrogens is 4. The molecule has 4 unspecified atom stereocenters. The van der Waals surface area contributed by atoms with Crippen LogP contribution in [-0.4, -0.2) is 61.6 Å². The highest BCUT2D eigenvalue weighted by Crippen LogP contribution is 2.49. The molecule has 3 aromatic rings. The molecular formula is C31H35N9O2. The lowest BCUT2D eigenvalue weighted by molar-refractivity contribution is -0.131. The first-order valence-corrected chi connectivity index (χ1v) is 14.3. The van der Waals surface area contributed by atoms with Gasteiger partial charge in [0.1, 0.15) is 6.04 Å². The smallest absolute Gasteiger partial charge is 0.248 e. The van der Waals surface area contributed by atoms with E-state index in [-0.39, 0.29) is 30.6 Å². The van der Waals surface area contributed by atoms with Gasteiger partial charge in [-0.05, 0) is 101 Å². The topological polar surface area (TPSA) is 169 Å². The van der Waals surface area contributed by atoms with Crippen molar-refractivity contribution in [1.29, 1.82) is 5.26 Å². The van der Waals surface area contributed by atoms with Gasteiger partial charge >= 0.3 is 0 Å². The molecule has 0 spiro atoms. The number of hydrogen-bond donors (Lipinski definition) is 3. The predicted molar refractivity (Wildman–Crippen MR) is 156 cm³/mol. The lowest BCUT2D eigenvalue weighted by Crippen LogP contribution is -2.46. The molecule has 216 valence electrons. The van der Waals surface area contributed by atoms with Gasteiger partial charge in [-0.2, -0.15) is 5.26 Å². The Morgan fingerprint density at radius 1 is 1.14 bits per heavy atom. The second-order valence-electron chi connectivity index (χ2n) is 11.9. The van der Waals surface area contributed by atoms with Crippen molar-refractivity contribution in [3.05, 3.63) is 82.2 Å². The molecule has 2 aliphatic carbocycles. The number of benzene rings is 2. The molecule has 1 saturated heterocycles. The number of carbonyl (C=O) groups excluding carboxylic acids is 2. The van der Waals surface area contributed by atoms with E-state index in [4.69, 9.17) is 11.5 Å². The molecule has 1 saturated carbocycles. The van der Waals surface area contributed by atoms with E-state index in [2.05, 4.69) is 45.6 Å². The highest BCUT2D eigenvalue weighted by molar-refractivity contribution is 5.93. The normalized spacial score (nSPS) is 24.5. The van der Waals surface area contributed by atoms with E-state index in [1.54, 1.807) is 15.6 Å². The summed E-state index contributed by atoms with van der Waals surface area (Å²) >= 11 is 0. The van der Waals surface area contributed by atoms with Crippen LogP contribution in [0.5, 0.6) is 0 Å². The van der Waals surface area contributed by atoms with Gasteiger partial charge in [0.2, 0.25) is 11.8 Å². The van der Waals surface area contributed by atoms with E-state index in [0.29, 0.717) is 42.3 Å². The number of hydrogen-bond acceptors (Lipinski definition) is 8. The van der Waals surface area contributed by atoms with Gasteiger partial charge in [-0.25, -0.2) is 4.68 Å². The standard InChI is InChI=1S/C31H35N9O2/c1-17(35-16-28(41)40-24(15-32)12-23-13-27(23)40)14-31(30-36-37-38-39(30)3)25-8-6-19(18(2)33)10-20(25)4-5-21-11-22(29(34)42)7-9-26(21)31/h6-11,17,23-24,27,35H,2,4-5,12-14,16,33H2,1,3H3,(H2,34,42)/t17?,23-,24?,27?,31?/m1/s1. The van der Waals surface area contributed by atoms with E-state index in [0.717, 1.165) is 40.7 Å². The molecule has 2 heterocycles. The first-order chi connectivity index (χ1) is 20.1. The molecule has 1 aliphatic heterocycles. The first kappa shape index (κ1) is 27.6. The Morgan fingerprint density at radius 2 is 1.81 bits per heavy atom. The minimum atomic E-state index is -0.829. The van der Waals surface area contributed by atoms with Crippen LogP contribution in [0.2, 0.25) is 0 Å². The monoisotopic (exact) mass is 565 g/mol. The molecule has 5 atom stereocenters. The van der Waals surface area contributed by atoms with Crippen molar-refractivity contribution < 1.29 is 9.59 Å². The SMILES string of the molecule is C=C(N)c1ccc2c(c1)CCc1cc(C(N)=O)ccc1C2(CC(C)NCC(=O)N1C(C#N)C[C@@H]2CC21)c1nnnn1C. The summed E-state index contributed by atoms with van der Waals surface area (Å²) in [6.07, 6.45) is 3.64. The zero-order valence-electron chi connectivity index (χ0n) is 23.9. The number of aryl methyl sites for hydroxylation is 3. The maximum atomic E-state index is 13.3. The minimum absolute atomic E-state index is 0.0494. The number of primary amides is 1. The fourth-order valence-electron chi connectivity index (χ4n) is 7.16. The van der Waals surface area contributed by atoms with Crippen molar-refractivity contribution in [2.24, 2.45) is 24.4 Å². The third kappa shape index (κ3) is 4.52. The van der Waals surface area contributed by atoms with Crippen molar-refractivity contribution in [2.75, 3.05) is 6.54 Å². The highest BCUT2D eigenvalue weighted by Gasteiger charge is 2.54. The van der Waals surface area contributed by atoms with E-state index in [9.17, 15) is 14.9 Å². The number of rotatable bonds is 8. The fourth-order valence-corrected chi connectivity index (χ4v) is 7.16. The molecule has 0 radical (unpaired) electrons. The van der Waals surface area contributed by atoms with Gasteiger partial charge in [0.25, 0.3) is 0 Å². The number of carbonyl (C=O) groups is 2. The molecule has 2 amide bonds. The van der Waals surface area contributed by atoms with Crippen LogP contribution in [0, 0.1) is 17.2 Å². The molecule has 0 bridgehead atoms. The van der Waals surface area contributed by atoms with Gasteiger partial charge in [-0.15, -0.1) is 5.10 Å². The molecule has 1 aromatic heterocycles. The van der Waals surface area contributed by atoms with E-state index >= 15 is 0 Å². The number of amides is 2. The molecular weight excluding hydrogens is 530 g/mol. The van der Waals surface area contributed by atoms with Crippen LogP contribution in [0.1, 0.15) is 70.2 Å². The Bertz CT molecular complexity index is 1570. The van der Waals surface area contributed by atoms with Gasteiger partial charge in [0.05, 0.1) is 18.0 Å². The number of fused-ring (bicyclic) bond motifs is 3. The summed E-state index contributed by atoms with van der Waals surface area (Å²) in [5.74, 6) is 0.562. The van der Waals surface area contributed by atoms with Crippen molar-refractivity contribution >= 4 is 17.5 Å². The minimum Gasteiger partial charge on any atom is -0.399 e. The van der Waals surface area contributed by atoms with Gasteiger partial charge in [0.15, 0.2) is 5.82 Å². The Balaban J connectivity index is 1.43. The quantitative estimate of drug-likeness (QED) is 0.370. The van der Waals surface area contributed by atoms with E-state index in [1.807, 2.05) is 32.2 Å². The third-order valence-corrected chi connectivity index (χ3v) is 9.21. The lowest BCUT2D eigenvalue weighted by atomic mass is 9.67. The van der Waals surface area contributed by atoms with Crippen LogP contribution in [0.4, 0.5) is 0 Å². The summed E-state index contributed by atoms with van der Waals surface area (Å²) in [7, 11) is 1.82. The average molecular weight is 566 g/mol. The zero-order chi connectivity index (χ0) is 29.8. The Morgan fingerprint density at radius 3 is 2.40 bits per heavy atom. The second kappa shape index (κ2) is 10.4. The number of nitrogens with two attached hydrogens (primary N) is 2. The van der Waals surface area contributed by atoms with Crippen molar-refractivity contribution in [1.82, 2.24) is 30.4 Å². The summed E-state index contributed by atoms with van der Waals surface area (Å²) in [6, 6.07) is 13.7. The third-order valence-electron chi connectivity index (χ3n) is 9.21. The molecule has 42 heavy (non-hydrogen) atoms. The summed E-state index contributed by atoms with van der Waals surface area (Å²) in [6.45, 7) is 6.11. The summed E-state index contributed by atoms with van der Waals surface area (Å²) in [5.41, 5.74) is 16.8. The van der Waals surface area contributed by atoms with Crippen molar-refractivity contribution in [3.63, 3.8) is 0 Å². The average Bonchev–Trinajstić information content (AvgIpc) is 3.47. The first-order valence-electron chi connectivity index (χ1n) is 14.3. The second-order valence-corrected chi connectivity index (χ2v) is 11.9. The maximum Gasteiger partial charge on any atom is 0.248 e. The Hall–Kier alpha value is -4.56. The molecule has 11 heteroatoms. The van der Waals surface area contributed by atoms with Crippen LogP contribution in [0.15, 0.2) is 43.0 Å². The molecule has 11 nitrogen and oxygen atoms in total.